The minimum absolute atomic E-state index is 0. The molecule has 6 N–H and O–H groups in total. The molecule has 3 nitrogen and oxygen atoms in total. The Morgan fingerprint density at radius 1 is 0.600 bits per heavy atom. The summed E-state index contributed by atoms with van der Waals surface area (Å²) in [5.41, 5.74) is 0. The number of hydrogen-bond acceptors (Lipinski definition) is 0. The van der Waals surface area contributed by atoms with Crippen molar-refractivity contribution in [3.63, 3.8) is 0 Å². The third-order valence-electron chi connectivity index (χ3n) is 0. The first-order valence-electron chi connectivity index (χ1n) is 0. The molecule has 5 heavy (non-hydrogen) atoms. The maximum absolute atomic E-state index is 0. The summed E-state index contributed by atoms with van der Waals surface area (Å²) < 4.78 is 0. The Morgan fingerprint density at radius 3 is 0.600 bits per heavy atom. The van der Waals surface area contributed by atoms with Gasteiger partial charge in [-0.2, -0.15) is 0 Å². The van der Waals surface area contributed by atoms with Crippen molar-refractivity contribution < 1.29 is 16.4 Å². The number of hydrogen-bond donors (Lipinski definition) is 0. The zero-order valence-electron chi connectivity index (χ0n) is 2.71. The van der Waals surface area contributed by atoms with E-state index in [-0.39, 0.29) is 63.4 Å². The van der Waals surface area contributed by atoms with Gasteiger partial charge in [0.15, 0.2) is 0 Å². The van der Waals surface area contributed by atoms with Gasteiger partial charge >= 0.3 is 0 Å². The van der Waals surface area contributed by atoms with Crippen molar-refractivity contribution in [3.8, 4) is 0 Å². The quantitative estimate of drug-likeness (QED) is 0.365. The first kappa shape index (κ1) is 91.5. The van der Waals surface area contributed by atoms with E-state index in [1.54, 1.807) is 0 Å². The molecule has 0 aromatic carbocycles. The van der Waals surface area contributed by atoms with Gasteiger partial charge in [-0.1, -0.05) is 0 Å². The predicted octanol–water partition coefficient (Wildman–Crippen LogP) is -3.24. The summed E-state index contributed by atoms with van der Waals surface area (Å²) in [7, 11) is 0. The molecule has 0 saturated carbocycles. The molecule has 0 unspecified atom stereocenters. The van der Waals surface area contributed by atoms with Crippen molar-refractivity contribution >= 4 is 47.0 Å². The molecular formula is H6MgO3Sn. The van der Waals surface area contributed by atoms with Crippen molar-refractivity contribution in [2.24, 2.45) is 0 Å². The van der Waals surface area contributed by atoms with E-state index in [0.29, 0.717) is 0 Å². The van der Waals surface area contributed by atoms with Crippen LogP contribution in [0.5, 0.6) is 0 Å². The molecule has 30 valence electrons. The van der Waals surface area contributed by atoms with Gasteiger partial charge in [0.1, 0.15) is 0 Å². The fraction of sp³-hybridized carbons (Fsp3) is 0. The van der Waals surface area contributed by atoms with Crippen molar-refractivity contribution in [1.29, 1.82) is 0 Å². The summed E-state index contributed by atoms with van der Waals surface area (Å²) in [4.78, 5) is 0. The Morgan fingerprint density at radius 2 is 0.600 bits per heavy atom. The van der Waals surface area contributed by atoms with Crippen molar-refractivity contribution in [1.82, 2.24) is 0 Å². The average molecular weight is 197 g/mol. The average Bonchev–Trinajstić information content (AvgIpc) is 0. The Bertz CT molecular complexity index is 6.85. The zero-order valence-corrected chi connectivity index (χ0v) is 6.98. The van der Waals surface area contributed by atoms with Gasteiger partial charge in [-0.05, 0) is 0 Å². The van der Waals surface area contributed by atoms with Crippen LogP contribution in [0, 0.1) is 0 Å². The molecule has 0 saturated heterocycles. The van der Waals surface area contributed by atoms with Gasteiger partial charge in [0, 0.05) is 47.0 Å². The first-order valence-corrected chi connectivity index (χ1v) is 0. The van der Waals surface area contributed by atoms with Crippen molar-refractivity contribution in [2.45, 2.75) is 0 Å². The second-order valence-electron chi connectivity index (χ2n) is 0. The third kappa shape index (κ3) is 30.9. The van der Waals surface area contributed by atoms with Crippen LogP contribution in [-0.4, -0.2) is 63.4 Å². The Kier molecular flexibility index (Phi) is 943. The standard InChI is InChI=1S/Mg.3H2O.Sn/h;3*1H2;. The summed E-state index contributed by atoms with van der Waals surface area (Å²) in [6, 6.07) is 0. The molecule has 0 aromatic heterocycles. The van der Waals surface area contributed by atoms with E-state index in [0.717, 1.165) is 0 Å². The Balaban J connectivity index is 0. The maximum atomic E-state index is 0. The topological polar surface area (TPSA) is 94.5 Å². The van der Waals surface area contributed by atoms with Crippen LogP contribution in [-0.2, 0) is 0 Å². The fourth-order valence-electron chi connectivity index (χ4n) is 0. The van der Waals surface area contributed by atoms with Gasteiger partial charge in [-0.3, -0.25) is 0 Å². The van der Waals surface area contributed by atoms with Gasteiger partial charge in [-0.15, -0.1) is 0 Å². The van der Waals surface area contributed by atoms with E-state index in [1.165, 1.54) is 0 Å². The molecule has 5 heteroatoms. The van der Waals surface area contributed by atoms with Crippen LogP contribution in [0.25, 0.3) is 0 Å². The molecule has 0 bridgehead atoms. The second kappa shape index (κ2) is 51.5. The van der Waals surface area contributed by atoms with Crippen LogP contribution in [0.2, 0.25) is 0 Å². The van der Waals surface area contributed by atoms with E-state index < -0.39 is 0 Å². The molecule has 0 aliphatic carbocycles. The smallest absolute Gasteiger partial charge is 0 e. The molecular weight excluding hydrogens is 191 g/mol. The maximum Gasteiger partial charge on any atom is 0 e. The molecule has 0 spiro atoms. The van der Waals surface area contributed by atoms with Gasteiger partial charge in [0.25, 0.3) is 0 Å². The van der Waals surface area contributed by atoms with Crippen LogP contribution in [0.1, 0.15) is 0 Å². The summed E-state index contributed by atoms with van der Waals surface area (Å²) in [6.07, 6.45) is 0. The number of rotatable bonds is 0. The Labute approximate surface area is 63.2 Å². The monoisotopic (exact) mass is 198 g/mol. The van der Waals surface area contributed by atoms with Crippen LogP contribution < -0.4 is 0 Å². The van der Waals surface area contributed by atoms with E-state index in [2.05, 4.69) is 0 Å². The zero-order chi connectivity index (χ0) is 0. The summed E-state index contributed by atoms with van der Waals surface area (Å²) in [5.74, 6) is 0. The summed E-state index contributed by atoms with van der Waals surface area (Å²) in [6.45, 7) is 0. The van der Waals surface area contributed by atoms with Crippen LogP contribution in [0.4, 0.5) is 0 Å². The van der Waals surface area contributed by atoms with Gasteiger partial charge in [0.2, 0.25) is 0 Å². The normalized spacial score (nSPS) is 0. The minimum atomic E-state index is 0. The second-order valence-corrected chi connectivity index (χ2v) is 0. The Hall–Kier alpha value is 1.44. The molecule has 0 aliphatic rings. The molecule has 0 rings (SSSR count). The van der Waals surface area contributed by atoms with E-state index in [1.807, 2.05) is 0 Å². The van der Waals surface area contributed by atoms with Gasteiger partial charge in [-0.25, -0.2) is 0 Å². The largest absolute Gasteiger partial charge is 0.412 e. The van der Waals surface area contributed by atoms with Crippen molar-refractivity contribution in [3.05, 3.63) is 0 Å². The third-order valence-corrected chi connectivity index (χ3v) is 0. The first-order chi connectivity index (χ1) is 0. The van der Waals surface area contributed by atoms with Crippen LogP contribution in [0.3, 0.4) is 0 Å². The van der Waals surface area contributed by atoms with E-state index >= 15 is 0 Å². The van der Waals surface area contributed by atoms with E-state index in [9.17, 15) is 0 Å². The van der Waals surface area contributed by atoms with Gasteiger partial charge in [0.05, 0.1) is 0 Å². The SMILES string of the molecule is O.O.O.[Mg].[Sn]. The minimum Gasteiger partial charge on any atom is -0.412 e. The molecule has 0 aliphatic heterocycles. The molecule has 0 atom stereocenters. The van der Waals surface area contributed by atoms with Crippen molar-refractivity contribution in [2.75, 3.05) is 0 Å². The molecule has 0 amide bonds. The van der Waals surface area contributed by atoms with Gasteiger partial charge < -0.3 is 16.4 Å². The fourth-order valence-corrected chi connectivity index (χ4v) is 0. The molecule has 0 aromatic rings. The van der Waals surface area contributed by atoms with E-state index in [4.69, 9.17) is 0 Å². The summed E-state index contributed by atoms with van der Waals surface area (Å²) >= 11 is 0. The molecule has 6 radical (unpaired) electrons. The summed E-state index contributed by atoms with van der Waals surface area (Å²) in [5, 5.41) is 0. The predicted molar refractivity (Wildman–Crippen MR) is 22.3 cm³/mol. The molecule has 0 heterocycles. The van der Waals surface area contributed by atoms with Crippen LogP contribution >= 0.6 is 0 Å². The molecule has 0 fully saturated rings. The van der Waals surface area contributed by atoms with Crippen LogP contribution in [0.15, 0.2) is 0 Å².